The lowest BCUT2D eigenvalue weighted by molar-refractivity contribution is -0.192. The standard InChI is InChI=1S/C15H17N7.C2HF3O2/c1-11-6-16-15(19-14(11)12-7-18-20(2)8-12)21-9-13(10-21)22-5-3-4-17-22;3-2(4,5)1(6)7/h3-8,13H,9-10H2,1-2H3;(H,6,7). The van der Waals surface area contributed by atoms with Crippen molar-refractivity contribution in [2.24, 2.45) is 7.05 Å². The van der Waals surface area contributed by atoms with Gasteiger partial charge in [-0.3, -0.25) is 9.36 Å². The molecule has 0 unspecified atom stereocenters. The first-order valence-corrected chi connectivity index (χ1v) is 8.52. The molecule has 0 amide bonds. The van der Waals surface area contributed by atoms with Gasteiger partial charge in [-0.05, 0) is 18.6 Å². The monoisotopic (exact) mass is 409 g/mol. The van der Waals surface area contributed by atoms with Gasteiger partial charge in [0, 0.05) is 50.5 Å². The van der Waals surface area contributed by atoms with Gasteiger partial charge in [0.05, 0.1) is 17.9 Å². The zero-order valence-electron chi connectivity index (χ0n) is 15.6. The summed E-state index contributed by atoms with van der Waals surface area (Å²) < 4.78 is 35.5. The summed E-state index contributed by atoms with van der Waals surface area (Å²) in [6.45, 7) is 3.79. The van der Waals surface area contributed by atoms with Crippen LogP contribution >= 0.6 is 0 Å². The fraction of sp³-hybridized carbons (Fsp3) is 0.353. The van der Waals surface area contributed by atoms with Crippen molar-refractivity contribution in [2.45, 2.75) is 19.1 Å². The van der Waals surface area contributed by atoms with E-state index < -0.39 is 12.1 Å². The summed E-state index contributed by atoms with van der Waals surface area (Å²) in [4.78, 5) is 20.3. The second-order valence-electron chi connectivity index (χ2n) is 6.45. The first kappa shape index (κ1) is 20.3. The van der Waals surface area contributed by atoms with Crippen LogP contribution in [0.2, 0.25) is 0 Å². The lowest BCUT2D eigenvalue weighted by Crippen LogP contribution is -2.48. The second-order valence-corrected chi connectivity index (χ2v) is 6.45. The van der Waals surface area contributed by atoms with Crippen molar-refractivity contribution in [3.05, 3.63) is 42.6 Å². The Labute approximate surface area is 163 Å². The molecule has 0 aromatic carbocycles. The molecule has 12 heteroatoms. The molecule has 1 aliphatic heterocycles. The molecular formula is C17H18F3N7O2. The van der Waals surface area contributed by atoms with E-state index in [0.29, 0.717) is 6.04 Å². The maximum Gasteiger partial charge on any atom is 0.490 e. The molecular weight excluding hydrogens is 391 g/mol. The number of carboxylic acid groups (broad SMARTS) is 1. The zero-order valence-corrected chi connectivity index (χ0v) is 15.6. The minimum Gasteiger partial charge on any atom is -0.475 e. The Hall–Kier alpha value is -3.44. The number of carbonyl (C=O) groups is 1. The van der Waals surface area contributed by atoms with Crippen molar-refractivity contribution < 1.29 is 23.1 Å². The summed E-state index contributed by atoms with van der Waals surface area (Å²) >= 11 is 0. The van der Waals surface area contributed by atoms with Gasteiger partial charge in [-0.15, -0.1) is 0 Å². The van der Waals surface area contributed by atoms with Crippen LogP contribution in [0, 0.1) is 6.92 Å². The summed E-state index contributed by atoms with van der Waals surface area (Å²) in [5.74, 6) is -1.99. The Morgan fingerprint density at radius 2 is 1.93 bits per heavy atom. The van der Waals surface area contributed by atoms with E-state index in [1.54, 1.807) is 4.68 Å². The molecule has 4 heterocycles. The van der Waals surface area contributed by atoms with Crippen molar-refractivity contribution in [3.63, 3.8) is 0 Å². The molecule has 4 rings (SSSR count). The molecule has 29 heavy (non-hydrogen) atoms. The van der Waals surface area contributed by atoms with E-state index in [2.05, 4.69) is 20.1 Å². The molecule has 0 spiro atoms. The van der Waals surface area contributed by atoms with Crippen LogP contribution in [0.15, 0.2) is 37.1 Å². The van der Waals surface area contributed by atoms with Crippen LogP contribution in [0.3, 0.4) is 0 Å². The molecule has 1 aliphatic rings. The maximum atomic E-state index is 10.6. The Morgan fingerprint density at radius 1 is 1.24 bits per heavy atom. The van der Waals surface area contributed by atoms with Gasteiger partial charge in [0.1, 0.15) is 0 Å². The van der Waals surface area contributed by atoms with Gasteiger partial charge in [-0.1, -0.05) is 0 Å². The SMILES string of the molecule is Cc1cnc(N2CC(n3cccn3)C2)nc1-c1cnn(C)c1.O=C(O)C(F)(F)F. The average Bonchev–Trinajstić information content (AvgIpc) is 3.27. The largest absolute Gasteiger partial charge is 0.490 e. The van der Waals surface area contributed by atoms with Gasteiger partial charge in [-0.25, -0.2) is 14.8 Å². The predicted molar refractivity (Wildman–Crippen MR) is 96.1 cm³/mol. The number of aliphatic carboxylic acids is 1. The van der Waals surface area contributed by atoms with Crippen LogP contribution in [-0.4, -0.2) is 59.9 Å². The zero-order chi connectivity index (χ0) is 21.2. The third kappa shape index (κ3) is 4.70. The van der Waals surface area contributed by atoms with E-state index in [-0.39, 0.29) is 0 Å². The molecule has 0 aliphatic carbocycles. The van der Waals surface area contributed by atoms with Crippen molar-refractivity contribution in [2.75, 3.05) is 18.0 Å². The smallest absolute Gasteiger partial charge is 0.475 e. The topological polar surface area (TPSA) is 102 Å². The minimum atomic E-state index is -5.08. The number of aromatic nitrogens is 6. The molecule has 154 valence electrons. The molecule has 3 aromatic rings. The highest BCUT2D eigenvalue weighted by molar-refractivity contribution is 5.73. The Kier molecular flexibility index (Phi) is 5.52. The maximum absolute atomic E-state index is 10.6. The number of anilines is 1. The Bertz CT molecular complexity index is 979. The van der Waals surface area contributed by atoms with Crippen LogP contribution in [0.4, 0.5) is 19.1 Å². The first-order valence-electron chi connectivity index (χ1n) is 8.52. The predicted octanol–water partition coefficient (Wildman–Crippen LogP) is 2.08. The van der Waals surface area contributed by atoms with Gasteiger partial charge in [-0.2, -0.15) is 23.4 Å². The molecule has 3 aromatic heterocycles. The minimum absolute atomic E-state index is 0.404. The number of rotatable bonds is 3. The lowest BCUT2D eigenvalue weighted by atomic mass is 10.1. The number of nitrogens with zero attached hydrogens (tertiary/aromatic N) is 7. The number of hydrogen-bond donors (Lipinski definition) is 1. The van der Waals surface area contributed by atoms with E-state index >= 15 is 0 Å². The molecule has 0 bridgehead atoms. The molecule has 0 radical (unpaired) electrons. The summed E-state index contributed by atoms with van der Waals surface area (Å²) in [7, 11) is 1.91. The summed E-state index contributed by atoms with van der Waals surface area (Å²) in [6, 6.07) is 2.35. The highest BCUT2D eigenvalue weighted by Crippen LogP contribution is 2.27. The molecule has 1 saturated heterocycles. The Morgan fingerprint density at radius 3 is 2.45 bits per heavy atom. The summed E-state index contributed by atoms with van der Waals surface area (Å²) in [5, 5.41) is 15.6. The fourth-order valence-corrected chi connectivity index (χ4v) is 2.70. The molecule has 9 nitrogen and oxygen atoms in total. The first-order chi connectivity index (χ1) is 13.6. The fourth-order valence-electron chi connectivity index (χ4n) is 2.70. The third-order valence-electron chi connectivity index (χ3n) is 4.22. The van der Waals surface area contributed by atoms with Gasteiger partial charge >= 0.3 is 12.1 Å². The number of carboxylic acids is 1. The second kappa shape index (κ2) is 7.89. The van der Waals surface area contributed by atoms with Crippen LogP contribution in [-0.2, 0) is 11.8 Å². The molecule has 0 saturated carbocycles. The van der Waals surface area contributed by atoms with Crippen molar-refractivity contribution in [3.8, 4) is 11.3 Å². The van der Waals surface area contributed by atoms with Gasteiger partial charge in [0.15, 0.2) is 0 Å². The number of alkyl halides is 3. The van der Waals surface area contributed by atoms with E-state index in [1.165, 1.54) is 0 Å². The van der Waals surface area contributed by atoms with Crippen molar-refractivity contribution in [1.29, 1.82) is 0 Å². The van der Waals surface area contributed by atoms with Crippen molar-refractivity contribution >= 4 is 11.9 Å². The van der Waals surface area contributed by atoms with Crippen LogP contribution in [0.5, 0.6) is 0 Å². The van der Waals surface area contributed by atoms with Gasteiger partial charge in [0.25, 0.3) is 0 Å². The number of halogens is 3. The third-order valence-corrected chi connectivity index (χ3v) is 4.22. The van der Waals surface area contributed by atoms with E-state index in [4.69, 9.17) is 14.9 Å². The van der Waals surface area contributed by atoms with E-state index in [9.17, 15) is 13.2 Å². The molecule has 1 fully saturated rings. The quantitative estimate of drug-likeness (QED) is 0.707. The van der Waals surface area contributed by atoms with Crippen LogP contribution < -0.4 is 4.90 Å². The molecule has 1 N–H and O–H groups in total. The van der Waals surface area contributed by atoms with E-state index in [1.807, 2.05) is 55.7 Å². The highest BCUT2D eigenvalue weighted by Gasteiger charge is 2.38. The van der Waals surface area contributed by atoms with Gasteiger partial charge < -0.3 is 10.0 Å². The van der Waals surface area contributed by atoms with Crippen molar-refractivity contribution in [1.82, 2.24) is 29.5 Å². The van der Waals surface area contributed by atoms with Crippen LogP contribution in [0.1, 0.15) is 11.6 Å². The average molecular weight is 409 g/mol. The summed E-state index contributed by atoms with van der Waals surface area (Å²) in [6.07, 6.45) is 4.42. The normalized spacial score (nSPS) is 14.2. The molecule has 0 atom stereocenters. The summed E-state index contributed by atoms with van der Waals surface area (Å²) in [5.41, 5.74) is 3.02. The Balaban J connectivity index is 0.000000298. The number of aryl methyl sites for hydroxylation is 2. The van der Waals surface area contributed by atoms with Crippen LogP contribution in [0.25, 0.3) is 11.3 Å². The highest BCUT2D eigenvalue weighted by atomic mass is 19.4. The van der Waals surface area contributed by atoms with E-state index in [0.717, 1.165) is 35.9 Å². The number of hydrogen-bond acceptors (Lipinski definition) is 6. The van der Waals surface area contributed by atoms with Gasteiger partial charge in [0.2, 0.25) is 5.95 Å². The lowest BCUT2D eigenvalue weighted by Gasteiger charge is -2.39.